The first kappa shape index (κ1) is 44.0. The Kier molecular flexibility index (Phi) is 14.6. The lowest BCUT2D eigenvalue weighted by atomic mass is 9.85. The summed E-state index contributed by atoms with van der Waals surface area (Å²) in [4.78, 5) is 61.2. The molecule has 0 radical (unpaired) electrons. The van der Waals surface area contributed by atoms with Crippen LogP contribution in [0.4, 0.5) is 5.82 Å². The van der Waals surface area contributed by atoms with Gasteiger partial charge in [0.15, 0.2) is 0 Å². The topological polar surface area (TPSA) is 176 Å². The lowest BCUT2D eigenvalue weighted by Crippen LogP contribution is -2.58. The van der Waals surface area contributed by atoms with Crippen molar-refractivity contribution in [1.82, 2.24) is 39.8 Å². The molecule has 1 unspecified atom stereocenters. The first-order valence-electron chi connectivity index (χ1n) is 20.9. The number of rotatable bonds is 18. The molecule has 2 saturated heterocycles. The van der Waals surface area contributed by atoms with E-state index in [-0.39, 0.29) is 45.2 Å². The molecule has 3 atom stereocenters. The highest BCUT2D eigenvalue weighted by atomic mass is 32.1. The van der Waals surface area contributed by atoms with E-state index < -0.39 is 35.4 Å². The van der Waals surface area contributed by atoms with Gasteiger partial charge >= 0.3 is 0 Å². The van der Waals surface area contributed by atoms with Gasteiger partial charge in [-0.05, 0) is 41.7 Å². The molecular formula is C44H57N9O7S. The summed E-state index contributed by atoms with van der Waals surface area (Å²) in [5, 5.41) is 16.3. The standard InChI is InChI=1S/C44H57N9O7S/c1-30-39(61-29-46-30)32-11-9-31(10-12-32)26-45-41(56)36-25-33(54)27-53(36)42(57)40(44(2,3)4)49-38(55)28-60-24-23-59-22-21-58-20-19-50-15-17-51(18-16-50)37-13-14-52-35-8-6-5-7-34(35)47-43(52)48-37/h5-14,29,33,36,40,54H,15-28H2,1-4H3,(H,45,56)(H,49,55)/t33-,36+,40?/m1/s1. The van der Waals surface area contributed by atoms with E-state index in [4.69, 9.17) is 19.2 Å². The first-order valence-corrected chi connectivity index (χ1v) is 21.8. The van der Waals surface area contributed by atoms with Crippen molar-refractivity contribution in [3.8, 4) is 10.4 Å². The van der Waals surface area contributed by atoms with Crippen LogP contribution in [0.2, 0.25) is 0 Å². The van der Waals surface area contributed by atoms with E-state index in [2.05, 4.69) is 42.5 Å². The highest BCUT2D eigenvalue weighted by Crippen LogP contribution is 2.28. The van der Waals surface area contributed by atoms with Crippen molar-refractivity contribution in [1.29, 1.82) is 0 Å². The fraction of sp³-hybridized carbons (Fsp3) is 0.500. The number of β-amino-alcohol motifs (C(OH)–C–C–N with tert-alkyl or cyclic N) is 1. The molecule has 61 heavy (non-hydrogen) atoms. The number of carbonyl (C=O) groups is 3. The van der Waals surface area contributed by atoms with Crippen LogP contribution in [0.15, 0.2) is 66.3 Å². The van der Waals surface area contributed by atoms with Gasteiger partial charge in [-0.25, -0.2) is 9.97 Å². The second-order valence-corrected chi connectivity index (χ2v) is 17.5. The predicted molar refractivity (Wildman–Crippen MR) is 233 cm³/mol. The van der Waals surface area contributed by atoms with Crippen LogP contribution in [0.1, 0.15) is 38.4 Å². The fourth-order valence-electron chi connectivity index (χ4n) is 7.70. The van der Waals surface area contributed by atoms with Crippen molar-refractivity contribution in [2.75, 3.05) is 83.8 Å². The van der Waals surface area contributed by atoms with E-state index in [1.807, 2.05) is 86.3 Å². The quantitative estimate of drug-likeness (QED) is 0.110. The Morgan fingerprint density at radius 2 is 1.64 bits per heavy atom. The highest BCUT2D eigenvalue weighted by molar-refractivity contribution is 7.13. The van der Waals surface area contributed by atoms with Crippen molar-refractivity contribution in [3.05, 3.63) is 77.6 Å². The largest absolute Gasteiger partial charge is 0.391 e. The molecule has 0 aliphatic carbocycles. The van der Waals surface area contributed by atoms with Crippen molar-refractivity contribution in [3.63, 3.8) is 0 Å². The number of anilines is 1. The summed E-state index contributed by atoms with van der Waals surface area (Å²) in [5.74, 6) is 0.406. The molecular weight excluding hydrogens is 799 g/mol. The number of aliphatic hydroxyl groups is 1. The minimum absolute atomic E-state index is 0.00190. The predicted octanol–water partition coefficient (Wildman–Crippen LogP) is 3.30. The zero-order chi connectivity index (χ0) is 42.9. The number of fused-ring (bicyclic) bond motifs is 3. The van der Waals surface area contributed by atoms with Crippen LogP contribution in [-0.4, -0.2) is 149 Å². The Morgan fingerprint density at radius 3 is 2.36 bits per heavy atom. The van der Waals surface area contributed by atoms with E-state index in [1.165, 1.54) is 4.90 Å². The molecule has 2 fully saturated rings. The van der Waals surface area contributed by atoms with Crippen molar-refractivity contribution < 1.29 is 33.7 Å². The number of nitrogens with one attached hydrogen (secondary N) is 2. The summed E-state index contributed by atoms with van der Waals surface area (Å²) in [6.45, 7) is 13.9. The number of nitrogens with zero attached hydrogens (tertiary/aromatic N) is 7. The van der Waals surface area contributed by atoms with Crippen molar-refractivity contribution in [2.45, 2.75) is 58.8 Å². The minimum Gasteiger partial charge on any atom is -0.391 e. The molecule has 326 valence electrons. The molecule has 2 aromatic carbocycles. The van der Waals surface area contributed by atoms with E-state index in [0.29, 0.717) is 25.6 Å². The van der Waals surface area contributed by atoms with E-state index in [9.17, 15) is 19.5 Å². The smallest absolute Gasteiger partial charge is 0.246 e. The van der Waals surface area contributed by atoms with Gasteiger partial charge in [0.1, 0.15) is 24.5 Å². The van der Waals surface area contributed by atoms with Gasteiger partial charge in [0.05, 0.1) is 66.3 Å². The monoisotopic (exact) mass is 855 g/mol. The van der Waals surface area contributed by atoms with E-state index >= 15 is 0 Å². The lowest BCUT2D eigenvalue weighted by molar-refractivity contribution is -0.144. The number of hydrogen-bond acceptors (Lipinski definition) is 13. The van der Waals surface area contributed by atoms with Crippen LogP contribution in [0.5, 0.6) is 0 Å². The Morgan fingerprint density at radius 1 is 0.918 bits per heavy atom. The molecule has 16 nitrogen and oxygen atoms in total. The summed E-state index contributed by atoms with van der Waals surface area (Å²) in [6.07, 6.45) is 1.30. The average Bonchev–Trinajstić information content (AvgIpc) is 3.98. The molecule has 3 N–H and O–H groups in total. The maximum absolute atomic E-state index is 13.9. The maximum atomic E-state index is 13.9. The van der Waals surface area contributed by atoms with E-state index in [0.717, 1.165) is 71.3 Å². The van der Waals surface area contributed by atoms with Crippen LogP contribution in [0.3, 0.4) is 0 Å². The minimum atomic E-state index is -0.944. The number of aryl methyl sites for hydroxylation is 1. The molecule has 2 aliphatic rings. The van der Waals surface area contributed by atoms with Crippen molar-refractivity contribution in [2.24, 2.45) is 5.41 Å². The van der Waals surface area contributed by atoms with Gasteiger partial charge < -0.3 is 39.8 Å². The van der Waals surface area contributed by atoms with Crippen LogP contribution in [0, 0.1) is 12.3 Å². The first-order chi connectivity index (χ1) is 29.4. The van der Waals surface area contributed by atoms with Crippen LogP contribution in [-0.2, 0) is 35.1 Å². The fourth-order valence-corrected chi connectivity index (χ4v) is 8.51. The number of piperazine rings is 1. The SMILES string of the molecule is Cc1ncsc1-c1ccc(CNC(=O)[C@@H]2C[C@@H](O)CN2C(=O)C(NC(=O)COCCOCCOCCN2CCN(c3ccn4c(n3)nc3ccccc34)CC2)C(C)(C)C)cc1. The summed E-state index contributed by atoms with van der Waals surface area (Å²) in [6, 6.07) is 16.2. The molecule has 5 heterocycles. The molecule has 3 aromatic heterocycles. The second kappa shape index (κ2) is 20.2. The third-order valence-corrected chi connectivity index (χ3v) is 12.1. The van der Waals surface area contributed by atoms with Crippen LogP contribution in [0.25, 0.3) is 27.3 Å². The number of likely N-dealkylation sites (tertiary alicyclic amines) is 1. The Hall–Kier alpha value is -5.04. The van der Waals surface area contributed by atoms with E-state index in [1.54, 1.807) is 11.3 Å². The van der Waals surface area contributed by atoms with Gasteiger partial charge in [0, 0.05) is 58.4 Å². The highest BCUT2D eigenvalue weighted by Gasteiger charge is 2.44. The number of carbonyl (C=O) groups excluding carboxylic acids is 3. The maximum Gasteiger partial charge on any atom is 0.246 e. The Bertz CT molecular complexity index is 2250. The number of amides is 3. The molecule has 0 spiro atoms. The number of imidazole rings is 1. The summed E-state index contributed by atoms with van der Waals surface area (Å²) in [7, 11) is 0. The van der Waals surface area contributed by atoms with Gasteiger partial charge in [0.2, 0.25) is 23.5 Å². The number of benzene rings is 2. The van der Waals surface area contributed by atoms with Gasteiger partial charge in [-0.3, -0.25) is 23.7 Å². The number of ether oxygens (including phenoxy) is 3. The molecule has 0 bridgehead atoms. The third-order valence-electron chi connectivity index (χ3n) is 11.1. The van der Waals surface area contributed by atoms with Crippen molar-refractivity contribution >= 4 is 51.7 Å². The molecule has 7 rings (SSSR count). The molecule has 3 amide bonds. The lowest BCUT2D eigenvalue weighted by Gasteiger charge is -2.35. The average molecular weight is 856 g/mol. The Balaban J connectivity index is 0.755. The zero-order valence-electron chi connectivity index (χ0n) is 35.4. The molecule has 17 heteroatoms. The number of para-hydroxylation sites is 2. The zero-order valence-corrected chi connectivity index (χ0v) is 36.2. The van der Waals surface area contributed by atoms with Gasteiger partial charge in [-0.2, -0.15) is 4.98 Å². The summed E-state index contributed by atoms with van der Waals surface area (Å²) < 4.78 is 19.0. The second-order valence-electron chi connectivity index (χ2n) is 16.6. The van der Waals surface area contributed by atoms with Gasteiger partial charge in [0.25, 0.3) is 0 Å². The number of hydrogen-bond donors (Lipinski definition) is 3. The van der Waals surface area contributed by atoms with Crippen LogP contribution >= 0.6 is 11.3 Å². The van der Waals surface area contributed by atoms with Gasteiger partial charge in [-0.1, -0.05) is 57.2 Å². The molecule has 0 saturated carbocycles. The number of aromatic nitrogens is 4. The Labute approximate surface area is 360 Å². The molecule has 2 aliphatic heterocycles. The number of aliphatic hydroxyl groups excluding tert-OH is 1. The summed E-state index contributed by atoms with van der Waals surface area (Å²) in [5.41, 5.74) is 6.06. The van der Waals surface area contributed by atoms with Crippen LogP contribution < -0.4 is 15.5 Å². The normalized spacial score (nSPS) is 17.9. The van der Waals surface area contributed by atoms with Gasteiger partial charge in [-0.15, -0.1) is 11.3 Å². The summed E-state index contributed by atoms with van der Waals surface area (Å²) >= 11 is 1.58. The number of thiazole rings is 1. The third kappa shape index (κ3) is 11.3. The molecule has 5 aromatic rings.